The number of rotatable bonds is 2. The average molecular weight is 165 g/mol. The van der Waals surface area contributed by atoms with E-state index in [1.807, 2.05) is 0 Å². The van der Waals surface area contributed by atoms with Crippen molar-refractivity contribution in [2.75, 3.05) is 0 Å². The van der Waals surface area contributed by atoms with Crippen LogP contribution in [0, 0.1) is 6.92 Å². The molecule has 3 heteroatoms. The maximum Gasteiger partial charge on any atom is 0.248 e. The highest BCUT2D eigenvalue weighted by atomic mass is 16.1. The van der Waals surface area contributed by atoms with Gasteiger partial charge in [0, 0.05) is 12.5 Å². The van der Waals surface area contributed by atoms with Crippen LogP contribution in [-0.2, 0) is 0 Å². The van der Waals surface area contributed by atoms with E-state index in [1.54, 1.807) is 19.9 Å². The largest absolute Gasteiger partial charge is 0.319 e. The van der Waals surface area contributed by atoms with Gasteiger partial charge in [-0.15, -0.1) is 0 Å². The zero-order valence-corrected chi connectivity index (χ0v) is 7.18. The van der Waals surface area contributed by atoms with Gasteiger partial charge in [0.1, 0.15) is 0 Å². The number of hydrogen-bond acceptors (Lipinski definition) is 2. The quantitative estimate of drug-likeness (QED) is 0.671. The van der Waals surface area contributed by atoms with Gasteiger partial charge in [0.15, 0.2) is 5.78 Å². The summed E-state index contributed by atoms with van der Waals surface area (Å²) in [6, 6.07) is 3.07. The van der Waals surface area contributed by atoms with E-state index in [-0.39, 0.29) is 11.3 Å². The Labute approximate surface area is 70.4 Å². The minimum atomic E-state index is -0.225. The van der Waals surface area contributed by atoms with E-state index >= 15 is 0 Å². The van der Waals surface area contributed by atoms with Crippen molar-refractivity contribution in [2.45, 2.75) is 20.3 Å². The lowest BCUT2D eigenvalue weighted by atomic mass is 10.1. The van der Waals surface area contributed by atoms with E-state index in [0.717, 1.165) is 5.56 Å². The van der Waals surface area contributed by atoms with Gasteiger partial charge in [-0.05, 0) is 12.5 Å². The molecule has 1 aromatic rings. The topological polar surface area (TPSA) is 49.9 Å². The first-order valence-corrected chi connectivity index (χ1v) is 3.88. The second-order valence-electron chi connectivity index (χ2n) is 2.66. The van der Waals surface area contributed by atoms with Crippen LogP contribution in [0.15, 0.2) is 16.9 Å². The molecule has 0 aromatic carbocycles. The van der Waals surface area contributed by atoms with E-state index < -0.39 is 0 Å². The molecular formula is C9H11NO2. The van der Waals surface area contributed by atoms with E-state index in [1.165, 1.54) is 6.07 Å². The normalized spacial score (nSPS) is 9.83. The number of carbonyl (C=O) groups excluding carboxylic acids is 1. The molecule has 0 radical (unpaired) electrons. The number of pyridine rings is 1. The van der Waals surface area contributed by atoms with Gasteiger partial charge in [-0.25, -0.2) is 0 Å². The molecule has 1 N–H and O–H groups in total. The lowest BCUT2D eigenvalue weighted by Crippen LogP contribution is -2.12. The molecule has 12 heavy (non-hydrogen) atoms. The van der Waals surface area contributed by atoms with Crippen molar-refractivity contribution < 1.29 is 4.79 Å². The summed E-state index contributed by atoms with van der Waals surface area (Å²) in [5.74, 6) is -0.0230. The summed E-state index contributed by atoms with van der Waals surface area (Å²) in [5, 5.41) is 0. The highest BCUT2D eigenvalue weighted by Gasteiger charge is 2.06. The first-order valence-electron chi connectivity index (χ1n) is 3.88. The third-order valence-corrected chi connectivity index (χ3v) is 1.73. The van der Waals surface area contributed by atoms with Gasteiger partial charge in [0.2, 0.25) is 5.56 Å². The maximum atomic E-state index is 11.2. The first kappa shape index (κ1) is 8.71. The van der Waals surface area contributed by atoms with Crippen LogP contribution in [0.4, 0.5) is 0 Å². The van der Waals surface area contributed by atoms with Crippen LogP contribution >= 0.6 is 0 Å². The Bertz CT molecular complexity index is 352. The molecule has 0 amide bonds. The second kappa shape index (κ2) is 3.34. The Morgan fingerprint density at radius 1 is 1.50 bits per heavy atom. The van der Waals surface area contributed by atoms with Gasteiger partial charge in [-0.2, -0.15) is 0 Å². The molecule has 0 saturated heterocycles. The molecule has 0 spiro atoms. The Kier molecular flexibility index (Phi) is 2.43. The van der Waals surface area contributed by atoms with Gasteiger partial charge < -0.3 is 4.98 Å². The molecule has 0 unspecified atom stereocenters. The Balaban J connectivity index is 3.22. The minimum absolute atomic E-state index is 0.0230. The number of hydrogen-bond donors (Lipinski definition) is 1. The Hall–Kier alpha value is -1.38. The number of aromatic nitrogens is 1. The van der Waals surface area contributed by atoms with Crippen LogP contribution < -0.4 is 5.56 Å². The van der Waals surface area contributed by atoms with Gasteiger partial charge in [-0.1, -0.05) is 13.0 Å². The number of carbonyl (C=O) groups is 1. The van der Waals surface area contributed by atoms with Crippen LogP contribution in [0.1, 0.15) is 29.4 Å². The van der Waals surface area contributed by atoms with Crippen LogP contribution in [0.3, 0.4) is 0 Å². The molecule has 0 aliphatic rings. The van der Waals surface area contributed by atoms with Crippen molar-refractivity contribution in [1.82, 2.24) is 4.98 Å². The fraction of sp³-hybridized carbons (Fsp3) is 0.333. The SMILES string of the molecule is CCC(=O)c1[nH]c(=O)ccc1C. The monoisotopic (exact) mass is 165 g/mol. The highest BCUT2D eigenvalue weighted by Crippen LogP contribution is 2.03. The number of aryl methyl sites for hydroxylation is 1. The van der Waals surface area contributed by atoms with Crippen molar-refractivity contribution in [3.05, 3.63) is 33.7 Å². The predicted molar refractivity (Wildman–Crippen MR) is 46.4 cm³/mol. The van der Waals surface area contributed by atoms with Crippen LogP contribution in [0.25, 0.3) is 0 Å². The lowest BCUT2D eigenvalue weighted by molar-refractivity contribution is 0.0982. The minimum Gasteiger partial charge on any atom is -0.319 e. The fourth-order valence-corrected chi connectivity index (χ4v) is 1.01. The fourth-order valence-electron chi connectivity index (χ4n) is 1.01. The summed E-state index contributed by atoms with van der Waals surface area (Å²) in [6.07, 6.45) is 0.417. The molecule has 0 bridgehead atoms. The standard InChI is InChI=1S/C9H11NO2/c1-3-7(11)9-6(2)4-5-8(12)10-9/h4-5H,3H2,1-2H3,(H,10,12). The number of H-pyrrole nitrogens is 1. The summed E-state index contributed by atoms with van der Waals surface area (Å²) in [5.41, 5.74) is 1.03. The number of aromatic amines is 1. The van der Waals surface area contributed by atoms with Crippen molar-refractivity contribution in [1.29, 1.82) is 0 Å². The maximum absolute atomic E-state index is 11.2. The Morgan fingerprint density at radius 3 is 2.75 bits per heavy atom. The lowest BCUT2D eigenvalue weighted by Gasteiger charge is -2.00. The molecule has 0 atom stereocenters. The second-order valence-corrected chi connectivity index (χ2v) is 2.66. The van der Waals surface area contributed by atoms with Crippen molar-refractivity contribution in [3.63, 3.8) is 0 Å². The molecule has 3 nitrogen and oxygen atoms in total. The summed E-state index contributed by atoms with van der Waals surface area (Å²) < 4.78 is 0. The number of nitrogens with one attached hydrogen (secondary N) is 1. The zero-order valence-electron chi connectivity index (χ0n) is 7.18. The molecule has 0 aliphatic carbocycles. The third-order valence-electron chi connectivity index (χ3n) is 1.73. The molecule has 1 aromatic heterocycles. The molecule has 0 aliphatic heterocycles. The van der Waals surface area contributed by atoms with Crippen molar-refractivity contribution >= 4 is 5.78 Å². The van der Waals surface area contributed by atoms with E-state index in [2.05, 4.69) is 4.98 Å². The molecular weight excluding hydrogens is 154 g/mol. The van der Waals surface area contributed by atoms with Gasteiger partial charge in [0.05, 0.1) is 5.69 Å². The van der Waals surface area contributed by atoms with Crippen molar-refractivity contribution in [3.8, 4) is 0 Å². The Morgan fingerprint density at radius 2 is 2.17 bits per heavy atom. The third kappa shape index (κ3) is 1.61. The summed E-state index contributed by atoms with van der Waals surface area (Å²) in [4.78, 5) is 24.6. The molecule has 64 valence electrons. The predicted octanol–water partition coefficient (Wildman–Crippen LogP) is 1.28. The average Bonchev–Trinajstić information content (AvgIpc) is 2.08. The van der Waals surface area contributed by atoms with Gasteiger partial charge in [-0.3, -0.25) is 9.59 Å². The molecule has 1 rings (SSSR count). The highest BCUT2D eigenvalue weighted by molar-refractivity contribution is 5.95. The first-order chi connectivity index (χ1) is 5.65. The van der Waals surface area contributed by atoms with E-state index in [4.69, 9.17) is 0 Å². The zero-order chi connectivity index (χ0) is 9.14. The van der Waals surface area contributed by atoms with Crippen molar-refractivity contribution in [2.24, 2.45) is 0 Å². The van der Waals surface area contributed by atoms with E-state index in [9.17, 15) is 9.59 Å². The molecule has 0 saturated carbocycles. The summed E-state index contributed by atoms with van der Waals surface area (Å²) in [6.45, 7) is 3.58. The molecule has 1 heterocycles. The number of Topliss-reactive ketones (excluding diaryl/α,β-unsaturated/α-hetero) is 1. The smallest absolute Gasteiger partial charge is 0.248 e. The van der Waals surface area contributed by atoms with Crippen LogP contribution in [0.5, 0.6) is 0 Å². The number of ketones is 1. The van der Waals surface area contributed by atoms with Gasteiger partial charge in [0.25, 0.3) is 0 Å². The summed E-state index contributed by atoms with van der Waals surface area (Å²) >= 11 is 0. The summed E-state index contributed by atoms with van der Waals surface area (Å²) in [7, 11) is 0. The van der Waals surface area contributed by atoms with Gasteiger partial charge >= 0.3 is 0 Å². The van der Waals surface area contributed by atoms with Crippen LogP contribution in [0.2, 0.25) is 0 Å². The van der Waals surface area contributed by atoms with Crippen LogP contribution in [-0.4, -0.2) is 10.8 Å². The molecule has 0 fully saturated rings. The van der Waals surface area contributed by atoms with E-state index in [0.29, 0.717) is 12.1 Å².